The van der Waals surface area contributed by atoms with Crippen molar-refractivity contribution >= 4 is 22.5 Å². The van der Waals surface area contributed by atoms with E-state index >= 15 is 0 Å². The molecule has 0 radical (unpaired) electrons. The molecule has 2 N–H and O–H groups in total. The minimum Gasteiger partial charge on any atom is -0.356 e. The van der Waals surface area contributed by atoms with Crippen LogP contribution in [-0.2, 0) is 6.54 Å². The SMILES string of the molecule is CC#CCCNCc1[nH]c2ccccc2c1Cl. The lowest BCUT2D eigenvalue weighted by atomic mass is 10.2. The zero-order chi connectivity index (χ0) is 12.1. The van der Waals surface area contributed by atoms with Crippen LogP contribution in [0.5, 0.6) is 0 Å². The summed E-state index contributed by atoms with van der Waals surface area (Å²) in [5.74, 6) is 5.90. The van der Waals surface area contributed by atoms with Crippen LogP contribution in [0, 0.1) is 11.8 Å². The van der Waals surface area contributed by atoms with Gasteiger partial charge in [-0.15, -0.1) is 11.8 Å². The highest BCUT2D eigenvalue weighted by molar-refractivity contribution is 6.36. The summed E-state index contributed by atoms with van der Waals surface area (Å²) in [6.45, 7) is 3.49. The zero-order valence-corrected chi connectivity index (χ0v) is 10.6. The maximum Gasteiger partial charge on any atom is 0.0705 e. The molecule has 17 heavy (non-hydrogen) atoms. The van der Waals surface area contributed by atoms with Crippen molar-refractivity contribution in [3.8, 4) is 11.8 Å². The van der Waals surface area contributed by atoms with Gasteiger partial charge in [-0.1, -0.05) is 29.8 Å². The summed E-state index contributed by atoms with van der Waals surface area (Å²) in [6, 6.07) is 8.06. The third kappa shape index (κ3) is 2.82. The topological polar surface area (TPSA) is 27.8 Å². The standard InChI is InChI=1S/C14H15ClN2/c1-2-3-6-9-16-10-13-14(15)11-7-4-5-8-12(11)17-13/h4-5,7-8,16-17H,6,9-10H2,1H3. The number of hydrogen-bond acceptors (Lipinski definition) is 1. The van der Waals surface area contributed by atoms with Crippen LogP contribution in [0.2, 0.25) is 5.02 Å². The summed E-state index contributed by atoms with van der Waals surface area (Å²) in [4.78, 5) is 3.32. The van der Waals surface area contributed by atoms with Gasteiger partial charge >= 0.3 is 0 Å². The Balaban J connectivity index is 2.03. The van der Waals surface area contributed by atoms with Gasteiger partial charge in [0.15, 0.2) is 0 Å². The van der Waals surface area contributed by atoms with E-state index in [9.17, 15) is 0 Å². The summed E-state index contributed by atoms with van der Waals surface area (Å²) in [5.41, 5.74) is 2.12. The van der Waals surface area contributed by atoms with E-state index in [0.29, 0.717) is 0 Å². The number of fused-ring (bicyclic) bond motifs is 1. The smallest absolute Gasteiger partial charge is 0.0705 e. The van der Waals surface area contributed by atoms with Crippen molar-refractivity contribution in [3.05, 3.63) is 35.0 Å². The summed E-state index contributed by atoms with van der Waals surface area (Å²) >= 11 is 6.30. The van der Waals surface area contributed by atoms with Crippen LogP contribution in [0.4, 0.5) is 0 Å². The van der Waals surface area contributed by atoms with E-state index in [1.165, 1.54) is 0 Å². The molecular formula is C14H15ClN2. The van der Waals surface area contributed by atoms with Crippen LogP contribution in [0.15, 0.2) is 24.3 Å². The first-order chi connectivity index (χ1) is 8.33. The molecule has 0 spiro atoms. The Hall–Kier alpha value is -1.43. The molecule has 0 unspecified atom stereocenters. The second-order valence-electron chi connectivity index (χ2n) is 3.82. The van der Waals surface area contributed by atoms with Gasteiger partial charge in [0.25, 0.3) is 0 Å². The lowest BCUT2D eigenvalue weighted by molar-refractivity contribution is 0.692. The Morgan fingerprint density at radius 2 is 2.18 bits per heavy atom. The minimum atomic E-state index is 0.749. The first-order valence-electron chi connectivity index (χ1n) is 5.68. The second kappa shape index (κ2) is 5.77. The van der Waals surface area contributed by atoms with E-state index in [1.807, 2.05) is 31.2 Å². The molecule has 0 fully saturated rings. The maximum absolute atomic E-state index is 6.30. The summed E-state index contributed by atoms with van der Waals surface area (Å²) in [6.07, 6.45) is 0.869. The zero-order valence-electron chi connectivity index (χ0n) is 9.81. The van der Waals surface area contributed by atoms with Gasteiger partial charge in [0.05, 0.1) is 5.02 Å². The van der Waals surface area contributed by atoms with Crippen molar-refractivity contribution in [2.75, 3.05) is 6.54 Å². The molecule has 1 heterocycles. The highest BCUT2D eigenvalue weighted by Crippen LogP contribution is 2.26. The quantitative estimate of drug-likeness (QED) is 0.629. The van der Waals surface area contributed by atoms with Crippen molar-refractivity contribution in [1.29, 1.82) is 0 Å². The highest BCUT2D eigenvalue weighted by atomic mass is 35.5. The van der Waals surface area contributed by atoms with Gasteiger partial charge in [-0.05, 0) is 13.0 Å². The molecule has 1 aromatic carbocycles. The van der Waals surface area contributed by atoms with E-state index < -0.39 is 0 Å². The number of rotatable bonds is 4. The molecule has 1 aromatic heterocycles. The lowest BCUT2D eigenvalue weighted by Crippen LogP contribution is -2.14. The van der Waals surface area contributed by atoms with Crippen LogP contribution >= 0.6 is 11.6 Å². The van der Waals surface area contributed by atoms with Gasteiger partial charge in [-0.2, -0.15) is 0 Å². The number of aromatic nitrogens is 1. The van der Waals surface area contributed by atoms with Crippen LogP contribution in [0.25, 0.3) is 10.9 Å². The number of nitrogens with one attached hydrogen (secondary N) is 2. The Morgan fingerprint density at radius 3 is 2.94 bits per heavy atom. The van der Waals surface area contributed by atoms with E-state index in [2.05, 4.69) is 22.1 Å². The highest BCUT2D eigenvalue weighted by Gasteiger charge is 2.07. The van der Waals surface area contributed by atoms with E-state index in [0.717, 1.165) is 41.1 Å². The van der Waals surface area contributed by atoms with Gasteiger partial charge in [0.2, 0.25) is 0 Å². The lowest BCUT2D eigenvalue weighted by Gasteiger charge is -2.00. The Bertz CT molecular complexity index is 560. The predicted octanol–water partition coefficient (Wildman–Crippen LogP) is 3.32. The first kappa shape index (κ1) is 12.0. The number of aromatic amines is 1. The normalized spacial score (nSPS) is 10.2. The molecule has 3 heteroatoms. The molecule has 2 rings (SSSR count). The molecule has 0 atom stereocenters. The van der Waals surface area contributed by atoms with Gasteiger partial charge in [0, 0.05) is 36.1 Å². The van der Waals surface area contributed by atoms with Crippen LogP contribution in [0.1, 0.15) is 19.0 Å². The van der Waals surface area contributed by atoms with E-state index in [1.54, 1.807) is 0 Å². The van der Waals surface area contributed by atoms with Gasteiger partial charge < -0.3 is 10.3 Å². The molecule has 88 valence electrons. The third-order valence-electron chi connectivity index (χ3n) is 2.62. The van der Waals surface area contributed by atoms with E-state index in [4.69, 9.17) is 11.6 Å². The monoisotopic (exact) mass is 246 g/mol. The fourth-order valence-electron chi connectivity index (χ4n) is 1.77. The van der Waals surface area contributed by atoms with Crippen molar-refractivity contribution in [1.82, 2.24) is 10.3 Å². The number of para-hydroxylation sites is 1. The minimum absolute atomic E-state index is 0.749. The molecular weight excluding hydrogens is 232 g/mol. The van der Waals surface area contributed by atoms with Crippen molar-refractivity contribution < 1.29 is 0 Å². The maximum atomic E-state index is 6.30. The Labute approximate surface area is 106 Å². The molecule has 0 amide bonds. The predicted molar refractivity (Wildman–Crippen MR) is 73.1 cm³/mol. The van der Waals surface area contributed by atoms with Crippen molar-refractivity contribution in [2.45, 2.75) is 19.9 Å². The molecule has 0 saturated carbocycles. The largest absolute Gasteiger partial charge is 0.356 e. The molecule has 0 aliphatic carbocycles. The number of H-pyrrole nitrogens is 1. The number of halogens is 1. The van der Waals surface area contributed by atoms with Crippen molar-refractivity contribution in [3.63, 3.8) is 0 Å². The average Bonchev–Trinajstić information content (AvgIpc) is 2.67. The molecule has 2 aromatic rings. The van der Waals surface area contributed by atoms with Crippen molar-refractivity contribution in [2.24, 2.45) is 0 Å². The molecule has 0 bridgehead atoms. The molecule has 0 aliphatic heterocycles. The van der Waals surface area contributed by atoms with Gasteiger partial charge in [-0.25, -0.2) is 0 Å². The number of hydrogen-bond donors (Lipinski definition) is 2. The Kier molecular flexibility index (Phi) is 4.08. The Morgan fingerprint density at radius 1 is 1.35 bits per heavy atom. The fourth-order valence-corrected chi connectivity index (χ4v) is 2.05. The summed E-state index contributed by atoms with van der Waals surface area (Å²) < 4.78 is 0. The van der Waals surface area contributed by atoms with Crippen LogP contribution in [-0.4, -0.2) is 11.5 Å². The van der Waals surface area contributed by atoms with Gasteiger partial charge in [0.1, 0.15) is 0 Å². The third-order valence-corrected chi connectivity index (χ3v) is 3.05. The average molecular weight is 247 g/mol. The summed E-state index contributed by atoms with van der Waals surface area (Å²) in [7, 11) is 0. The fraction of sp³-hybridized carbons (Fsp3) is 0.286. The molecule has 0 aliphatic rings. The van der Waals surface area contributed by atoms with Crippen LogP contribution < -0.4 is 5.32 Å². The molecule has 2 nitrogen and oxygen atoms in total. The summed E-state index contributed by atoms with van der Waals surface area (Å²) in [5, 5.41) is 5.22. The second-order valence-corrected chi connectivity index (χ2v) is 4.19. The number of benzene rings is 1. The van der Waals surface area contributed by atoms with Crippen LogP contribution in [0.3, 0.4) is 0 Å². The first-order valence-corrected chi connectivity index (χ1v) is 6.06. The van der Waals surface area contributed by atoms with E-state index in [-0.39, 0.29) is 0 Å². The van der Waals surface area contributed by atoms with Gasteiger partial charge in [-0.3, -0.25) is 0 Å². The molecule has 0 saturated heterocycles.